The zero-order valence-corrected chi connectivity index (χ0v) is 15.7. The van der Waals surface area contributed by atoms with Crippen LogP contribution in [0.5, 0.6) is 0 Å². The van der Waals surface area contributed by atoms with Crippen LogP contribution in [-0.2, 0) is 9.22 Å². The molecule has 20 heavy (non-hydrogen) atoms. The average molecular weight is 308 g/mol. The summed E-state index contributed by atoms with van der Waals surface area (Å²) in [6, 6.07) is 0. The number of hydrogen-bond donors (Lipinski definition) is 0. The lowest BCUT2D eigenvalue weighted by Crippen LogP contribution is -2.52. The first-order chi connectivity index (χ1) is 9.04. The van der Waals surface area contributed by atoms with E-state index in [2.05, 4.69) is 55.6 Å². The SMILES string of the molecule is CC1(C(=O)C#C[Si])CCCC[C@@H]1O[Si](C)(C)C(C)(C)C. The molecule has 1 aliphatic carbocycles. The molecule has 0 heterocycles. The molecule has 0 amide bonds. The van der Waals surface area contributed by atoms with Gasteiger partial charge < -0.3 is 4.43 Å². The Labute approximate surface area is 128 Å². The maximum atomic E-state index is 12.4. The van der Waals surface area contributed by atoms with Gasteiger partial charge in [-0.15, -0.1) is 5.54 Å². The van der Waals surface area contributed by atoms with Crippen molar-refractivity contribution in [2.75, 3.05) is 0 Å². The standard InChI is InChI=1S/C16H27O2Si2/c1-15(2,3)20(5,6)18-14-9-7-8-11-16(14,4)13(17)10-12-19/h14H,7-9,11H2,1-6H3/t14-,16?/m0/s1. The molecule has 3 radical (unpaired) electrons. The van der Waals surface area contributed by atoms with Gasteiger partial charge in [0.15, 0.2) is 8.32 Å². The molecule has 0 aromatic carbocycles. The van der Waals surface area contributed by atoms with Crippen molar-refractivity contribution in [3.63, 3.8) is 0 Å². The van der Waals surface area contributed by atoms with E-state index in [1.807, 2.05) is 6.92 Å². The Morgan fingerprint density at radius 2 is 1.95 bits per heavy atom. The number of carbonyl (C=O) groups excluding carboxylic acids is 1. The van der Waals surface area contributed by atoms with Crippen molar-refractivity contribution in [3.05, 3.63) is 0 Å². The molecular formula is C16H27O2Si2. The highest BCUT2D eigenvalue weighted by Crippen LogP contribution is 2.44. The van der Waals surface area contributed by atoms with E-state index in [0.29, 0.717) is 0 Å². The highest BCUT2D eigenvalue weighted by Gasteiger charge is 2.48. The van der Waals surface area contributed by atoms with Crippen LogP contribution in [0.15, 0.2) is 0 Å². The number of ketones is 1. The first kappa shape index (κ1) is 17.7. The van der Waals surface area contributed by atoms with E-state index >= 15 is 0 Å². The minimum absolute atomic E-state index is 0.0101. The van der Waals surface area contributed by atoms with Gasteiger partial charge in [0.2, 0.25) is 5.78 Å². The Hall–Kier alpha value is -0.376. The summed E-state index contributed by atoms with van der Waals surface area (Å²) in [5.74, 6) is 2.68. The van der Waals surface area contributed by atoms with Gasteiger partial charge in [0.25, 0.3) is 0 Å². The smallest absolute Gasteiger partial charge is 0.213 e. The maximum Gasteiger partial charge on any atom is 0.213 e. The fourth-order valence-corrected chi connectivity index (χ4v) is 4.04. The summed E-state index contributed by atoms with van der Waals surface area (Å²) < 4.78 is 6.56. The number of carbonyl (C=O) groups is 1. The van der Waals surface area contributed by atoms with Crippen molar-refractivity contribution < 1.29 is 9.22 Å². The molecule has 0 saturated heterocycles. The van der Waals surface area contributed by atoms with Gasteiger partial charge in [-0.1, -0.05) is 33.6 Å². The van der Waals surface area contributed by atoms with Crippen molar-refractivity contribution in [2.45, 2.75) is 77.6 Å². The van der Waals surface area contributed by atoms with Crippen LogP contribution in [0.3, 0.4) is 0 Å². The minimum Gasteiger partial charge on any atom is -0.413 e. The molecular weight excluding hydrogens is 280 g/mol. The summed E-state index contributed by atoms with van der Waals surface area (Å²) in [5, 5.41) is 0.162. The molecule has 0 spiro atoms. The Kier molecular flexibility index (Phi) is 5.45. The van der Waals surface area contributed by atoms with Gasteiger partial charge in [0.05, 0.1) is 11.5 Å². The van der Waals surface area contributed by atoms with Crippen LogP contribution in [0.25, 0.3) is 0 Å². The van der Waals surface area contributed by atoms with Crippen molar-refractivity contribution in [2.24, 2.45) is 5.41 Å². The third-order valence-corrected chi connectivity index (χ3v) is 9.67. The molecule has 0 aromatic rings. The van der Waals surface area contributed by atoms with Gasteiger partial charge in [-0.3, -0.25) is 4.79 Å². The largest absolute Gasteiger partial charge is 0.413 e. The van der Waals surface area contributed by atoms with Crippen molar-refractivity contribution in [1.82, 2.24) is 0 Å². The predicted octanol–water partition coefficient (Wildman–Crippen LogP) is 3.66. The third kappa shape index (κ3) is 3.63. The fraction of sp³-hybridized carbons (Fsp3) is 0.812. The first-order valence-corrected chi connectivity index (χ1v) is 10.9. The molecule has 1 rings (SSSR count). The molecule has 4 heteroatoms. The molecule has 0 N–H and O–H groups in total. The zero-order valence-electron chi connectivity index (χ0n) is 13.7. The van der Waals surface area contributed by atoms with Crippen LogP contribution >= 0.6 is 0 Å². The van der Waals surface area contributed by atoms with Gasteiger partial charge >= 0.3 is 0 Å². The van der Waals surface area contributed by atoms with Crippen molar-refractivity contribution in [1.29, 1.82) is 0 Å². The van der Waals surface area contributed by atoms with E-state index in [4.69, 9.17) is 4.43 Å². The Morgan fingerprint density at radius 3 is 2.45 bits per heavy atom. The van der Waals surface area contributed by atoms with Crippen LogP contribution in [-0.4, -0.2) is 30.4 Å². The molecule has 111 valence electrons. The number of hydrogen-bond acceptors (Lipinski definition) is 2. The summed E-state index contributed by atoms with van der Waals surface area (Å²) in [5.41, 5.74) is 2.11. The lowest BCUT2D eigenvalue weighted by molar-refractivity contribution is -0.130. The molecule has 1 aliphatic rings. The second-order valence-electron chi connectivity index (χ2n) is 7.61. The Bertz CT molecular complexity index is 426. The molecule has 2 atom stereocenters. The summed E-state index contributed by atoms with van der Waals surface area (Å²) in [4.78, 5) is 12.4. The highest BCUT2D eigenvalue weighted by atomic mass is 28.4. The minimum atomic E-state index is -1.86. The molecule has 2 nitrogen and oxygen atoms in total. The molecule has 0 aromatic heterocycles. The van der Waals surface area contributed by atoms with Gasteiger partial charge in [-0.25, -0.2) is 0 Å². The topological polar surface area (TPSA) is 26.3 Å². The van der Waals surface area contributed by atoms with E-state index in [-0.39, 0.29) is 16.9 Å². The van der Waals surface area contributed by atoms with Crippen LogP contribution in [0.4, 0.5) is 0 Å². The van der Waals surface area contributed by atoms with E-state index in [9.17, 15) is 4.79 Å². The van der Waals surface area contributed by atoms with Crippen molar-refractivity contribution in [3.8, 4) is 11.5 Å². The second-order valence-corrected chi connectivity index (χ2v) is 12.6. The van der Waals surface area contributed by atoms with Gasteiger partial charge in [0, 0.05) is 0 Å². The second kappa shape index (κ2) is 6.17. The van der Waals surface area contributed by atoms with E-state index in [0.717, 1.165) is 25.7 Å². The van der Waals surface area contributed by atoms with E-state index in [1.54, 1.807) is 0 Å². The van der Waals surface area contributed by atoms with Crippen LogP contribution in [0, 0.1) is 16.9 Å². The van der Waals surface area contributed by atoms with Crippen LogP contribution in [0.2, 0.25) is 18.1 Å². The maximum absolute atomic E-state index is 12.4. The van der Waals surface area contributed by atoms with Gasteiger partial charge in [-0.05, 0) is 43.8 Å². The Balaban J connectivity index is 3.00. The van der Waals surface area contributed by atoms with Gasteiger partial charge in [-0.2, -0.15) is 0 Å². The van der Waals surface area contributed by atoms with Crippen LogP contribution in [0.1, 0.15) is 53.4 Å². The van der Waals surface area contributed by atoms with Gasteiger partial charge in [0.1, 0.15) is 10.2 Å². The molecule has 1 fully saturated rings. The molecule has 1 unspecified atom stereocenters. The lowest BCUT2D eigenvalue weighted by atomic mass is 9.70. The van der Waals surface area contributed by atoms with E-state index < -0.39 is 13.7 Å². The fourth-order valence-electron chi connectivity index (χ4n) is 2.48. The Morgan fingerprint density at radius 1 is 1.35 bits per heavy atom. The predicted molar refractivity (Wildman–Crippen MR) is 87.2 cm³/mol. The summed E-state index contributed by atoms with van der Waals surface area (Å²) in [7, 11) is 1.23. The highest BCUT2D eigenvalue weighted by molar-refractivity contribution is 6.74. The summed E-state index contributed by atoms with van der Waals surface area (Å²) >= 11 is 0. The zero-order chi connectivity index (χ0) is 15.6. The molecule has 1 saturated carbocycles. The summed E-state index contributed by atoms with van der Waals surface area (Å²) in [6.45, 7) is 13.2. The molecule has 0 aliphatic heterocycles. The third-order valence-electron chi connectivity index (χ3n) is 5.06. The number of rotatable bonds is 3. The quantitative estimate of drug-likeness (QED) is 0.587. The monoisotopic (exact) mass is 307 g/mol. The van der Waals surface area contributed by atoms with Crippen LogP contribution < -0.4 is 0 Å². The summed E-state index contributed by atoms with van der Waals surface area (Å²) in [6.07, 6.45) is 4.09. The normalized spacial score (nSPS) is 27.6. The first-order valence-electron chi connectivity index (χ1n) is 7.44. The number of Topliss-reactive ketones (excluding diaryl/α,β-unsaturated/α-hetero) is 1. The van der Waals surface area contributed by atoms with Crippen molar-refractivity contribution >= 4 is 24.3 Å². The van der Waals surface area contributed by atoms with E-state index in [1.165, 1.54) is 0 Å². The average Bonchev–Trinajstić information content (AvgIpc) is 2.31. The lowest BCUT2D eigenvalue weighted by Gasteiger charge is -2.46. The molecule has 0 bridgehead atoms.